The Labute approximate surface area is 165 Å². The fourth-order valence-corrected chi connectivity index (χ4v) is 4.21. The highest BCUT2D eigenvalue weighted by Gasteiger charge is 2.18. The predicted molar refractivity (Wildman–Crippen MR) is 108 cm³/mol. The van der Waals surface area contributed by atoms with Crippen molar-refractivity contribution in [2.24, 2.45) is 0 Å². The van der Waals surface area contributed by atoms with Crippen molar-refractivity contribution in [1.82, 2.24) is 9.88 Å². The lowest BCUT2D eigenvalue weighted by Crippen LogP contribution is -2.26. The van der Waals surface area contributed by atoms with Crippen molar-refractivity contribution in [3.05, 3.63) is 94.0 Å². The van der Waals surface area contributed by atoms with E-state index in [1.165, 1.54) is 18.2 Å². The van der Waals surface area contributed by atoms with Gasteiger partial charge in [-0.1, -0.05) is 30.3 Å². The first-order chi connectivity index (χ1) is 13.5. The van der Waals surface area contributed by atoms with Crippen molar-refractivity contribution in [2.75, 3.05) is 0 Å². The standard InChI is InChI=1S/C22H18F2N2OS/c1-14-9-19-21(28-14)11-20(26(19)13-15-5-4-7-17(23)10-15)22(27)25-12-16-6-2-3-8-18(16)24/h2-11H,12-13H2,1H3,(H,25,27). The van der Waals surface area contributed by atoms with Crippen LogP contribution < -0.4 is 5.32 Å². The van der Waals surface area contributed by atoms with Crippen molar-refractivity contribution in [3.63, 3.8) is 0 Å². The zero-order valence-corrected chi connectivity index (χ0v) is 16.0. The van der Waals surface area contributed by atoms with Gasteiger partial charge < -0.3 is 9.88 Å². The molecule has 2 aromatic heterocycles. The maximum atomic E-state index is 13.8. The second-order valence-electron chi connectivity index (χ2n) is 6.63. The molecule has 1 amide bonds. The van der Waals surface area contributed by atoms with Crippen LogP contribution in [-0.2, 0) is 13.1 Å². The average molecular weight is 396 g/mol. The molecule has 0 saturated heterocycles. The number of benzene rings is 2. The Balaban J connectivity index is 1.65. The summed E-state index contributed by atoms with van der Waals surface area (Å²) in [4.78, 5) is 14.0. The Morgan fingerprint density at radius 1 is 1.07 bits per heavy atom. The maximum Gasteiger partial charge on any atom is 0.268 e. The van der Waals surface area contributed by atoms with Gasteiger partial charge in [-0.3, -0.25) is 4.79 Å². The van der Waals surface area contributed by atoms with Crippen molar-refractivity contribution >= 4 is 27.5 Å². The lowest BCUT2D eigenvalue weighted by molar-refractivity contribution is 0.0942. The summed E-state index contributed by atoms with van der Waals surface area (Å²) in [6.07, 6.45) is 0. The molecule has 0 radical (unpaired) electrons. The van der Waals surface area contributed by atoms with E-state index < -0.39 is 0 Å². The number of fused-ring (bicyclic) bond motifs is 1. The number of halogens is 2. The highest BCUT2D eigenvalue weighted by atomic mass is 32.1. The monoisotopic (exact) mass is 396 g/mol. The summed E-state index contributed by atoms with van der Waals surface area (Å²) in [7, 11) is 0. The Kier molecular flexibility index (Phi) is 4.96. The van der Waals surface area contributed by atoms with Crippen LogP contribution in [0.1, 0.15) is 26.5 Å². The molecule has 0 bridgehead atoms. The summed E-state index contributed by atoms with van der Waals surface area (Å²) in [5.41, 5.74) is 2.60. The van der Waals surface area contributed by atoms with Crippen molar-refractivity contribution in [1.29, 1.82) is 0 Å². The number of hydrogen-bond donors (Lipinski definition) is 1. The molecule has 2 heterocycles. The van der Waals surface area contributed by atoms with E-state index in [1.807, 2.05) is 29.7 Å². The Morgan fingerprint density at radius 3 is 2.68 bits per heavy atom. The summed E-state index contributed by atoms with van der Waals surface area (Å²) in [6, 6.07) is 16.6. The molecule has 28 heavy (non-hydrogen) atoms. The third kappa shape index (κ3) is 3.68. The van der Waals surface area contributed by atoms with Crippen LogP contribution in [0.5, 0.6) is 0 Å². The predicted octanol–water partition coefficient (Wildman–Crippen LogP) is 5.27. The Hall–Kier alpha value is -2.99. The van der Waals surface area contributed by atoms with Gasteiger partial charge in [-0.2, -0.15) is 0 Å². The molecule has 0 aliphatic rings. The van der Waals surface area contributed by atoms with Crippen LogP contribution in [0.2, 0.25) is 0 Å². The van der Waals surface area contributed by atoms with Gasteiger partial charge in [-0.15, -0.1) is 11.3 Å². The van der Waals surface area contributed by atoms with Gasteiger partial charge in [0.15, 0.2) is 0 Å². The lowest BCUT2D eigenvalue weighted by Gasteiger charge is -2.11. The van der Waals surface area contributed by atoms with Gasteiger partial charge in [-0.05, 0) is 42.8 Å². The molecule has 3 nitrogen and oxygen atoms in total. The maximum absolute atomic E-state index is 13.8. The van der Waals surface area contributed by atoms with Gasteiger partial charge >= 0.3 is 0 Å². The average Bonchev–Trinajstić information content (AvgIpc) is 3.18. The minimum atomic E-state index is -0.352. The van der Waals surface area contributed by atoms with Gasteiger partial charge in [0.25, 0.3) is 5.91 Å². The normalized spacial score (nSPS) is 11.1. The summed E-state index contributed by atoms with van der Waals surface area (Å²) in [5, 5.41) is 2.79. The zero-order valence-electron chi connectivity index (χ0n) is 15.2. The number of thiophene rings is 1. The lowest BCUT2D eigenvalue weighted by atomic mass is 10.2. The first-order valence-corrected chi connectivity index (χ1v) is 9.68. The molecule has 0 fully saturated rings. The van der Waals surface area contributed by atoms with Gasteiger partial charge in [0.2, 0.25) is 0 Å². The molecule has 0 unspecified atom stereocenters. The van der Waals surface area contributed by atoms with Gasteiger partial charge in [-0.25, -0.2) is 8.78 Å². The van der Waals surface area contributed by atoms with Gasteiger partial charge in [0, 0.05) is 23.5 Å². The van der Waals surface area contributed by atoms with Crippen LogP contribution in [0.25, 0.3) is 10.2 Å². The third-order valence-electron chi connectivity index (χ3n) is 4.57. The quantitative estimate of drug-likeness (QED) is 0.490. The summed E-state index contributed by atoms with van der Waals surface area (Å²) >= 11 is 1.60. The fraction of sp³-hybridized carbons (Fsp3) is 0.136. The largest absolute Gasteiger partial charge is 0.347 e. The molecule has 0 aliphatic heterocycles. The fourth-order valence-electron chi connectivity index (χ4n) is 3.25. The smallest absolute Gasteiger partial charge is 0.268 e. The first kappa shape index (κ1) is 18.4. The summed E-state index contributed by atoms with van der Waals surface area (Å²) < 4.78 is 30.3. The molecular weight excluding hydrogens is 378 g/mol. The van der Waals surface area contributed by atoms with E-state index in [4.69, 9.17) is 0 Å². The number of rotatable bonds is 5. The van der Waals surface area contributed by atoms with Crippen LogP contribution >= 0.6 is 11.3 Å². The molecule has 0 aliphatic carbocycles. The number of carbonyl (C=O) groups is 1. The van der Waals surface area contributed by atoms with Crippen LogP contribution in [0.4, 0.5) is 8.78 Å². The highest BCUT2D eigenvalue weighted by molar-refractivity contribution is 7.19. The molecule has 0 atom stereocenters. The SMILES string of the molecule is Cc1cc2c(cc(C(=O)NCc3ccccc3F)n2Cc2cccc(F)c2)s1. The topological polar surface area (TPSA) is 34.0 Å². The Morgan fingerprint density at radius 2 is 1.89 bits per heavy atom. The van der Waals surface area contributed by atoms with Crippen molar-refractivity contribution in [3.8, 4) is 0 Å². The summed E-state index contributed by atoms with van der Waals surface area (Å²) in [6.45, 7) is 2.48. The third-order valence-corrected chi connectivity index (χ3v) is 5.56. The van der Waals surface area contributed by atoms with Gasteiger partial charge in [0.05, 0.1) is 10.2 Å². The van der Waals surface area contributed by atoms with E-state index in [0.29, 0.717) is 17.8 Å². The minimum absolute atomic E-state index is 0.101. The van der Waals surface area contributed by atoms with Gasteiger partial charge in [0.1, 0.15) is 17.3 Å². The second kappa shape index (κ2) is 7.56. The van der Waals surface area contributed by atoms with E-state index >= 15 is 0 Å². The first-order valence-electron chi connectivity index (χ1n) is 8.87. The number of nitrogens with zero attached hydrogens (tertiary/aromatic N) is 1. The molecular formula is C22H18F2N2OS. The molecule has 6 heteroatoms. The second-order valence-corrected chi connectivity index (χ2v) is 7.91. The number of aryl methyl sites for hydroxylation is 1. The number of carbonyl (C=O) groups excluding carboxylic acids is 1. The minimum Gasteiger partial charge on any atom is -0.347 e. The molecule has 0 spiro atoms. The number of nitrogens with one attached hydrogen (secondary N) is 1. The highest BCUT2D eigenvalue weighted by Crippen LogP contribution is 2.29. The van der Waals surface area contributed by atoms with E-state index in [2.05, 4.69) is 5.32 Å². The van der Waals surface area contributed by atoms with Crippen molar-refractivity contribution < 1.29 is 13.6 Å². The number of amides is 1. The molecule has 4 aromatic rings. The summed E-state index contributed by atoms with van der Waals surface area (Å²) in [5.74, 6) is -0.955. The van der Waals surface area contributed by atoms with Crippen molar-refractivity contribution in [2.45, 2.75) is 20.0 Å². The molecule has 1 N–H and O–H groups in total. The zero-order chi connectivity index (χ0) is 19.7. The molecule has 2 aromatic carbocycles. The van der Waals surface area contributed by atoms with Crippen LogP contribution in [0.15, 0.2) is 60.7 Å². The van der Waals surface area contributed by atoms with Crippen LogP contribution in [-0.4, -0.2) is 10.5 Å². The molecule has 142 valence electrons. The number of hydrogen-bond acceptors (Lipinski definition) is 2. The van der Waals surface area contributed by atoms with E-state index in [9.17, 15) is 13.6 Å². The Bertz CT molecular complexity index is 1160. The molecule has 4 rings (SSSR count). The van der Waals surface area contributed by atoms with Crippen LogP contribution in [0.3, 0.4) is 0 Å². The van der Waals surface area contributed by atoms with E-state index in [-0.39, 0.29) is 24.1 Å². The van der Waals surface area contributed by atoms with E-state index in [1.54, 1.807) is 35.6 Å². The molecule has 0 saturated carbocycles. The van der Waals surface area contributed by atoms with E-state index in [0.717, 1.165) is 20.7 Å². The van der Waals surface area contributed by atoms with Crippen LogP contribution in [0, 0.1) is 18.6 Å². The number of aromatic nitrogens is 1.